The molecule has 3 N–H and O–H groups in total. The highest BCUT2D eigenvalue weighted by molar-refractivity contribution is 6.00. The van der Waals surface area contributed by atoms with Gasteiger partial charge < -0.3 is 15.0 Å². The molecule has 17 heteroatoms. The van der Waals surface area contributed by atoms with E-state index in [0.717, 1.165) is 104 Å². The number of aromatic hydroxyl groups is 1. The normalized spacial score (nSPS) is 19.8. The zero-order valence-corrected chi connectivity index (χ0v) is 33.0. The molecule has 6 aromatic rings. The van der Waals surface area contributed by atoms with Gasteiger partial charge in [0.05, 0.1) is 46.6 Å². The van der Waals surface area contributed by atoms with E-state index in [1.165, 1.54) is 4.57 Å². The number of hydrogen-bond acceptors (Lipinski definition) is 8. The van der Waals surface area contributed by atoms with Crippen LogP contribution in [-0.2, 0) is 36.1 Å². The Kier molecular flexibility index (Phi) is 10.3. The smallest absolute Gasteiger partial charge is 0.329 e. The fourth-order valence-electron chi connectivity index (χ4n) is 9.11. The number of phenolic OH excluding ortho intramolecular Hbond substituents is 1. The Morgan fingerprint density at radius 2 is 1.78 bits per heavy atom. The second-order valence-electron chi connectivity index (χ2n) is 16.2. The van der Waals surface area contributed by atoms with E-state index in [-0.39, 0.29) is 36.5 Å². The minimum absolute atomic E-state index is 0.113. The number of imidazole rings is 2. The van der Waals surface area contributed by atoms with Gasteiger partial charge >= 0.3 is 5.69 Å². The van der Waals surface area contributed by atoms with Gasteiger partial charge in [-0.05, 0) is 87.2 Å². The van der Waals surface area contributed by atoms with E-state index in [1.54, 1.807) is 11.6 Å². The lowest BCUT2D eigenvalue weighted by Gasteiger charge is -2.28. The van der Waals surface area contributed by atoms with Crippen molar-refractivity contribution in [2.24, 2.45) is 13.0 Å². The number of nitrogens with zero attached hydrogens (tertiary/aromatic N) is 7. The largest absolute Gasteiger partial charge is 0.503 e. The lowest BCUT2D eigenvalue weighted by molar-refractivity contribution is -0.135. The van der Waals surface area contributed by atoms with Crippen molar-refractivity contribution in [1.82, 2.24) is 44.0 Å². The standard InChI is InChI=1S/C43H44F3N9O5/c1-51-34-17-24(6-11-32(34)55(43(51)60)33-12-13-37(56)49-42(33)59)3-2-14-52-15-16-53-35(21-47-36(53)23-52)26-7-8-27-22-54(50-31(27)18-26)28-9-4-25(5-10-28)20-48-41(58)29-19-30(44)40(57)39(46)38(29)45/h6-8,11,17-19,21-22,25,28,33,57H,2-5,9-10,12-16,20,23H2,1H3,(H,48,58)(H,49,56,59)/t25-,28-,33?. The van der Waals surface area contributed by atoms with Crippen molar-refractivity contribution in [3.05, 3.63) is 99.7 Å². The van der Waals surface area contributed by atoms with Crippen LogP contribution in [0.1, 0.15) is 78.8 Å². The van der Waals surface area contributed by atoms with Crippen LogP contribution >= 0.6 is 0 Å². The number of phenols is 1. The van der Waals surface area contributed by atoms with Crippen molar-refractivity contribution < 1.29 is 32.7 Å². The third-order valence-electron chi connectivity index (χ3n) is 12.5. The number of halogens is 3. The van der Waals surface area contributed by atoms with Crippen molar-refractivity contribution >= 4 is 39.7 Å². The maximum absolute atomic E-state index is 14.2. The van der Waals surface area contributed by atoms with Gasteiger partial charge in [0.1, 0.15) is 11.9 Å². The number of aromatic nitrogens is 6. The molecule has 1 saturated heterocycles. The number of imide groups is 1. The zero-order chi connectivity index (χ0) is 41.8. The molecule has 1 saturated carbocycles. The van der Waals surface area contributed by atoms with Gasteiger partial charge in [0.25, 0.3) is 5.91 Å². The molecule has 312 valence electrons. The van der Waals surface area contributed by atoms with E-state index >= 15 is 0 Å². The van der Waals surface area contributed by atoms with Crippen LogP contribution in [0.5, 0.6) is 5.75 Å². The Labute approximate surface area is 341 Å². The highest BCUT2D eigenvalue weighted by Crippen LogP contribution is 2.34. The van der Waals surface area contributed by atoms with Crippen LogP contribution in [0, 0.1) is 23.4 Å². The van der Waals surface area contributed by atoms with E-state index in [0.29, 0.717) is 18.0 Å². The summed E-state index contributed by atoms with van der Waals surface area (Å²) in [5, 5.41) is 20.2. The predicted octanol–water partition coefficient (Wildman–Crippen LogP) is 5.26. The zero-order valence-electron chi connectivity index (χ0n) is 33.0. The molecule has 1 aliphatic carbocycles. The maximum atomic E-state index is 14.2. The minimum atomic E-state index is -1.78. The van der Waals surface area contributed by atoms with Gasteiger partial charge in [0.15, 0.2) is 17.4 Å². The minimum Gasteiger partial charge on any atom is -0.503 e. The van der Waals surface area contributed by atoms with Gasteiger partial charge in [-0.25, -0.2) is 18.6 Å². The Bertz CT molecular complexity index is 2750. The Morgan fingerprint density at radius 3 is 2.58 bits per heavy atom. The summed E-state index contributed by atoms with van der Waals surface area (Å²) in [6.45, 7) is 3.54. The van der Waals surface area contributed by atoms with Gasteiger partial charge in [0, 0.05) is 50.2 Å². The summed E-state index contributed by atoms with van der Waals surface area (Å²) in [6.07, 6.45) is 9.45. The molecule has 60 heavy (non-hydrogen) atoms. The number of fused-ring (bicyclic) bond motifs is 3. The molecule has 0 bridgehead atoms. The Morgan fingerprint density at radius 1 is 0.967 bits per heavy atom. The number of hydrogen-bond donors (Lipinski definition) is 3. The summed E-state index contributed by atoms with van der Waals surface area (Å²) in [4.78, 5) is 57.1. The molecule has 0 radical (unpaired) electrons. The predicted molar refractivity (Wildman–Crippen MR) is 214 cm³/mol. The quantitative estimate of drug-likeness (QED) is 0.125. The van der Waals surface area contributed by atoms with Crippen LogP contribution in [0.4, 0.5) is 13.2 Å². The van der Waals surface area contributed by atoms with Crippen LogP contribution in [0.2, 0.25) is 0 Å². The monoisotopic (exact) mass is 823 g/mol. The van der Waals surface area contributed by atoms with E-state index in [4.69, 9.17) is 10.1 Å². The first-order valence-corrected chi connectivity index (χ1v) is 20.4. The number of carbonyl (C=O) groups excluding carboxylic acids is 3. The van der Waals surface area contributed by atoms with Crippen LogP contribution in [-0.4, -0.2) is 75.8 Å². The summed E-state index contributed by atoms with van der Waals surface area (Å²) in [5.74, 6) is -6.78. The topological polar surface area (TPSA) is 161 Å². The first-order valence-electron chi connectivity index (χ1n) is 20.4. The van der Waals surface area contributed by atoms with Gasteiger partial charge in [-0.3, -0.25) is 38.4 Å². The average Bonchev–Trinajstić information content (AvgIpc) is 3.94. The molecule has 3 aromatic carbocycles. The average molecular weight is 824 g/mol. The van der Waals surface area contributed by atoms with Crippen LogP contribution in [0.25, 0.3) is 33.2 Å². The molecule has 3 aromatic heterocycles. The second-order valence-corrected chi connectivity index (χ2v) is 16.2. The van der Waals surface area contributed by atoms with E-state index in [9.17, 15) is 37.5 Å². The summed E-state index contributed by atoms with van der Waals surface area (Å²) >= 11 is 0. The Balaban J connectivity index is 0.783. The van der Waals surface area contributed by atoms with E-state index in [2.05, 4.69) is 44.5 Å². The van der Waals surface area contributed by atoms with Crippen molar-refractivity contribution in [2.45, 2.75) is 76.5 Å². The summed E-state index contributed by atoms with van der Waals surface area (Å²) in [7, 11) is 1.71. The summed E-state index contributed by atoms with van der Waals surface area (Å²) < 4.78 is 49.0. The number of nitrogens with one attached hydrogen (secondary N) is 2. The number of amides is 3. The maximum Gasteiger partial charge on any atom is 0.329 e. The van der Waals surface area contributed by atoms with Crippen LogP contribution in [0.15, 0.2) is 59.7 Å². The second kappa shape index (κ2) is 15.7. The molecule has 2 fully saturated rings. The molecular weight excluding hydrogens is 780 g/mol. The highest BCUT2D eigenvalue weighted by Gasteiger charge is 2.32. The molecule has 5 heterocycles. The first-order chi connectivity index (χ1) is 28.9. The van der Waals surface area contributed by atoms with Crippen LogP contribution in [0.3, 0.4) is 0 Å². The van der Waals surface area contributed by atoms with E-state index in [1.807, 2.05) is 29.1 Å². The molecule has 3 aliphatic rings. The first kappa shape index (κ1) is 39.2. The van der Waals surface area contributed by atoms with Crippen molar-refractivity contribution in [2.75, 3.05) is 19.6 Å². The summed E-state index contributed by atoms with van der Waals surface area (Å²) in [5.41, 5.74) is 4.47. The lowest BCUT2D eigenvalue weighted by atomic mass is 9.86. The number of rotatable bonds is 10. The van der Waals surface area contributed by atoms with E-state index < -0.39 is 46.6 Å². The third-order valence-corrected chi connectivity index (χ3v) is 12.5. The molecule has 3 amide bonds. The fraction of sp³-hybridized carbons (Fsp3) is 0.395. The molecule has 1 unspecified atom stereocenters. The molecule has 2 aliphatic heterocycles. The van der Waals surface area contributed by atoms with Crippen LogP contribution < -0.4 is 16.3 Å². The molecule has 9 rings (SSSR count). The SMILES string of the molecule is Cn1c(=O)n(C2CCC(=O)NC2=O)c2ccc(CCCN3CCn4c(-c5ccc6cn([C@H]7CC[C@H](CNC(=O)c8cc(F)c(O)c(F)c8F)CC7)nc6c5)cnc4C3)cc21. The molecule has 14 nitrogen and oxygen atoms in total. The number of benzene rings is 3. The number of piperidine rings is 1. The van der Waals surface area contributed by atoms with Gasteiger partial charge in [-0.1, -0.05) is 18.2 Å². The summed E-state index contributed by atoms with van der Waals surface area (Å²) in [6, 6.07) is 12.2. The van der Waals surface area contributed by atoms with Gasteiger partial charge in [-0.15, -0.1) is 0 Å². The van der Waals surface area contributed by atoms with Gasteiger partial charge in [-0.2, -0.15) is 9.49 Å². The Hall–Kier alpha value is -6.23. The third kappa shape index (κ3) is 7.24. The number of aryl methyl sites for hydroxylation is 2. The number of carbonyl (C=O) groups is 3. The molecule has 1 atom stereocenters. The fourth-order valence-corrected chi connectivity index (χ4v) is 9.11. The van der Waals surface area contributed by atoms with Crippen molar-refractivity contribution in [1.29, 1.82) is 0 Å². The molecular formula is C43H44F3N9O5. The highest BCUT2D eigenvalue weighted by atomic mass is 19.2. The molecule has 0 spiro atoms. The lowest BCUT2D eigenvalue weighted by Crippen LogP contribution is -2.44. The van der Waals surface area contributed by atoms with Crippen molar-refractivity contribution in [3.63, 3.8) is 0 Å². The van der Waals surface area contributed by atoms with Crippen molar-refractivity contribution in [3.8, 4) is 17.0 Å². The van der Waals surface area contributed by atoms with Gasteiger partial charge in [0.2, 0.25) is 17.6 Å².